The number of nitriles is 1. The zero-order valence-electron chi connectivity index (χ0n) is 9.07. The second kappa shape index (κ2) is 5.47. The lowest BCUT2D eigenvalue weighted by molar-refractivity contribution is 0.513. The van der Waals surface area contributed by atoms with Crippen LogP contribution in [0.4, 0.5) is 0 Å². The summed E-state index contributed by atoms with van der Waals surface area (Å²) in [6.45, 7) is 1.96. The van der Waals surface area contributed by atoms with E-state index in [9.17, 15) is 8.42 Å². The highest BCUT2D eigenvalue weighted by molar-refractivity contribution is 7.89. The maximum Gasteiger partial charge on any atom is 0.211 e. The average Bonchev–Trinajstić information content (AvgIpc) is 2.61. The van der Waals surface area contributed by atoms with E-state index >= 15 is 0 Å². The van der Waals surface area contributed by atoms with Crippen molar-refractivity contribution in [2.24, 2.45) is 5.92 Å². The monoisotopic (exact) mass is 230 g/mol. The molecule has 0 spiro atoms. The van der Waals surface area contributed by atoms with Gasteiger partial charge in [-0.3, -0.25) is 0 Å². The minimum Gasteiger partial charge on any atom is -0.212 e. The fraction of sp³-hybridized carbons (Fsp3) is 0.900. The zero-order chi connectivity index (χ0) is 11.3. The van der Waals surface area contributed by atoms with E-state index in [0.717, 1.165) is 25.7 Å². The maximum atomic E-state index is 11.6. The van der Waals surface area contributed by atoms with Crippen LogP contribution in [-0.2, 0) is 10.0 Å². The molecule has 0 bridgehead atoms. The molecule has 15 heavy (non-hydrogen) atoms. The third-order valence-corrected chi connectivity index (χ3v) is 4.27. The Morgan fingerprint density at radius 2 is 2.20 bits per heavy atom. The van der Waals surface area contributed by atoms with E-state index in [1.807, 2.05) is 6.92 Å². The lowest BCUT2D eigenvalue weighted by atomic mass is 10.1. The van der Waals surface area contributed by atoms with Gasteiger partial charge < -0.3 is 0 Å². The summed E-state index contributed by atoms with van der Waals surface area (Å²) in [6.07, 6.45) is 4.10. The molecule has 1 aliphatic carbocycles. The van der Waals surface area contributed by atoms with Crippen molar-refractivity contribution < 1.29 is 8.42 Å². The molecule has 5 heteroatoms. The van der Waals surface area contributed by atoms with Crippen molar-refractivity contribution >= 4 is 10.0 Å². The molecule has 1 saturated carbocycles. The van der Waals surface area contributed by atoms with E-state index in [0.29, 0.717) is 6.42 Å². The highest BCUT2D eigenvalue weighted by Crippen LogP contribution is 2.25. The van der Waals surface area contributed by atoms with Crippen LogP contribution in [0, 0.1) is 17.2 Å². The van der Waals surface area contributed by atoms with Crippen molar-refractivity contribution in [3.05, 3.63) is 0 Å². The number of unbranched alkanes of at least 4 members (excludes halogenated alkanes) is 1. The van der Waals surface area contributed by atoms with Crippen molar-refractivity contribution in [3.8, 4) is 6.07 Å². The van der Waals surface area contributed by atoms with Crippen molar-refractivity contribution in [3.63, 3.8) is 0 Å². The van der Waals surface area contributed by atoms with Crippen molar-refractivity contribution in [1.82, 2.24) is 4.72 Å². The van der Waals surface area contributed by atoms with Gasteiger partial charge in [-0.15, -0.1) is 0 Å². The minimum atomic E-state index is -3.17. The Morgan fingerprint density at radius 1 is 1.47 bits per heavy atom. The van der Waals surface area contributed by atoms with Gasteiger partial charge in [-0.25, -0.2) is 13.1 Å². The molecule has 0 aromatic heterocycles. The topological polar surface area (TPSA) is 70.0 Å². The van der Waals surface area contributed by atoms with Gasteiger partial charge in [-0.1, -0.05) is 19.8 Å². The van der Waals surface area contributed by atoms with Gasteiger partial charge >= 0.3 is 0 Å². The fourth-order valence-electron chi connectivity index (χ4n) is 1.88. The Hall–Kier alpha value is -0.600. The summed E-state index contributed by atoms with van der Waals surface area (Å²) in [5, 5.41) is 8.82. The SMILES string of the molecule is CCCCS(=O)(=O)NC1CCCC1C#N. The number of sulfonamides is 1. The van der Waals surface area contributed by atoms with Crippen LogP contribution in [0.2, 0.25) is 0 Å². The van der Waals surface area contributed by atoms with Crippen LogP contribution < -0.4 is 4.72 Å². The molecule has 0 heterocycles. The average molecular weight is 230 g/mol. The highest BCUT2D eigenvalue weighted by Gasteiger charge is 2.30. The standard InChI is InChI=1S/C10H18N2O2S/c1-2-3-7-15(13,14)12-10-6-4-5-9(10)8-11/h9-10,12H,2-7H2,1H3. The van der Waals surface area contributed by atoms with E-state index < -0.39 is 10.0 Å². The number of nitrogens with one attached hydrogen (secondary N) is 1. The van der Waals surface area contributed by atoms with Gasteiger partial charge in [-0.2, -0.15) is 5.26 Å². The maximum absolute atomic E-state index is 11.6. The zero-order valence-corrected chi connectivity index (χ0v) is 9.89. The minimum absolute atomic E-state index is 0.138. The molecule has 0 aromatic carbocycles. The Kier molecular flexibility index (Phi) is 4.55. The lowest BCUT2D eigenvalue weighted by Crippen LogP contribution is -2.38. The van der Waals surface area contributed by atoms with E-state index in [4.69, 9.17) is 5.26 Å². The van der Waals surface area contributed by atoms with Gasteiger partial charge in [0.2, 0.25) is 10.0 Å². The van der Waals surface area contributed by atoms with Crippen LogP contribution >= 0.6 is 0 Å². The van der Waals surface area contributed by atoms with Gasteiger partial charge in [0.25, 0.3) is 0 Å². The molecule has 0 aliphatic heterocycles. The molecule has 0 amide bonds. The van der Waals surface area contributed by atoms with Gasteiger partial charge in [0.15, 0.2) is 0 Å². The molecule has 1 aliphatic rings. The quantitative estimate of drug-likeness (QED) is 0.776. The predicted octanol–water partition coefficient (Wildman–Crippen LogP) is 1.40. The predicted molar refractivity (Wildman–Crippen MR) is 58.6 cm³/mol. The summed E-state index contributed by atoms with van der Waals surface area (Å²) < 4.78 is 25.8. The molecule has 2 unspecified atom stereocenters. The molecular formula is C10H18N2O2S. The number of hydrogen-bond donors (Lipinski definition) is 1. The second-order valence-electron chi connectivity index (χ2n) is 4.06. The largest absolute Gasteiger partial charge is 0.212 e. The number of hydrogen-bond acceptors (Lipinski definition) is 3. The van der Waals surface area contributed by atoms with E-state index in [2.05, 4.69) is 10.8 Å². The van der Waals surface area contributed by atoms with Crippen LogP contribution in [0.5, 0.6) is 0 Å². The summed E-state index contributed by atoms with van der Waals surface area (Å²) in [5.41, 5.74) is 0. The number of nitrogens with zero attached hydrogens (tertiary/aromatic N) is 1. The van der Waals surface area contributed by atoms with Crippen LogP contribution in [0.15, 0.2) is 0 Å². The normalized spacial score (nSPS) is 26.4. The molecule has 86 valence electrons. The van der Waals surface area contributed by atoms with E-state index in [-0.39, 0.29) is 17.7 Å². The van der Waals surface area contributed by atoms with Gasteiger partial charge in [0.05, 0.1) is 17.7 Å². The van der Waals surface area contributed by atoms with E-state index in [1.165, 1.54) is 0 Å². The molecule has 4 nitrogen and oxygen atoms in total. The van der Waals surface area contributed by atoms with Crippen molar-refractivity contribution in [2.75, 3.05) is 5.75 Å². The van der Waals surface area contributed by atoms with Crippen molar-refractivity contribution in [1.29, 1.82) is 5.26 Å². The Morgan fingerprint density at radius 3 is 2.80 bits per heavy atom. The van der Waals surface area contributed by atoms with Crippen LogP contribution in [0.25, 0.3) is 0 Å². The molecule has 0 saturated heterocycles. The van der Waals surface area contributed by atoms with Gasteiger partial charge in [0.1, 0.15) is 0 Å². The first-order chi connectivity index (χ1) is 7.09. The highest BCUT2D eigenvalue weighted by atomic mass is 32.2. The van der Waals surface area contributed by atoms with Crippen molar-refractivity contribution in [2.45, 2.75) is 45.1 Å². The molecule has 1 fully saturated rings. The molecule has 2 atom stereocenters. The number of rotatable bonds is 5. The van der Waals surface area contributed by atoms with Crippen LogP contribution in [0.3, 0.4) is 0 Å². The summed E-state index contributed by atoms with van der Waals surface area (Å²) in [6, 6.07) is 2.01. The summed E-state index contributed by atoms with van der Waals surface area (Å²) in [4.78, 5) is 0. The van der Waals surface area contributed by atoms with Crippen LogP contribution in [0.1, 0.15) is 39.0 Å². The lowest BCUT2D eigenvalue weighted by Gasteiger charge is -2.15. The van der Waals surface area contributed by atoms with Gasteiger partial charge in [0, 0.05) is 6.04 Å². The third-order valence-electron chi connectivity index (χ3n) is 2.78. The second-order valence-corrected chi connectivity index (χ2v) is 5.94. The molecule has 1 rings (SSSR count). The summed E-state index contributed by atoms with van der Waals surface area (Å²) >= 11 is 0. The summed E-state index contributed by atoms with van der Waals surface area (Å²) in [7, 11) is -3.17. The molecule has 1 N–H and O–H groups in total. The summed E-state index contributed by atoms with van der Waals surface area (Å²) in [5.74, 6) is 0.0411. The van der Waals surface area contributed by atoms with E-state index in [1.54, 1.807) is 0 Å². The Bertz CT molecular complexity index is 332. The molecule has 0 aromatic rings. The smallest absolute Gasteiger partial charge is 0.211 e. The van der Waals surface area contributed by atoms with Crippen LogP contribution in [-0.4, -0.2) is 20.2 Å². The third kappa shape index (κ3) is 3.80. The molecule has 0 radical (unpaired) electrons. The Labute approximate surface area is 91.7 Å². The van der Waals surface area contributed by atoms with Gasteiger partial charge in [-0.05, 0) is 19.3 Å². The molecular weight excluding hydrogens is 212 g/mol. The first kappa shape index (κ1) is 12.5. The fourth-order valence-corrected chi connectivity index (χ4v) is 3.41. The first-order valence-corrected chi connectivity index (χ1v) is 7.14. The Balaban J connectivity index is 2.50. The first-order valence-electron chi connectivity index (χ1n) is 5.48.